The zero-order valence-electron chi connectivity index (χ0n) is 9.83. The second kappa shape index (κ2) is 5.35. The van der Waals surface area contributed by atoms with E-state index in [-0.39, 0.29) is 12.6 Å². The summed E-state index contributed by atoms with van der Waals surface area (Å²) >= 11 is 0. The van der Waals surface area contributed by atoms with Crippen LogP contribution in [0.2, 0.25) is 0 Å². The summed E-state index contributed by atoms with van der Waals surface area (Å²) < 4.78 is 37.1. The lowest BCUT2D eigenvalue weighted by Gasteiger charge is -2.27. The summed E-state index contributed by atoms with van der Waals surface area (Å²) in [6, 6.07) is 2.98. The minimum atomic E-state index is -4.20. The second-order valence-electron chi connectivity index (χ2n) is 4.19. The third kappa shape index (κ3) is 5.04. The predicted octanol–water partition coefficient (Wildman–Crippen LogP) is 2.44. The number of alkyl halides is 3. The van der Waals surface area contributed by atoms with E-state index in [1.165, 1.54) is 11.1 Å². The van der Waals surface area contributed by atoms with Crippen LogP contribution in [0.4, 0.5) is 18.9 Å². The molecule has 0 aromatic carbocycles. The Morgan fingerprint density at radius 3 is 2.53 bits per heavy atom. The predicted molar refractivity (Wildman–Crippen MR) is 60.3 cm³/mol. The molecule has 1 aromatic rings. The number of anilines is 1. The minimum Gasteiger partial charge on any atom is -0.399 e. The van der Waals surface area contributed by atoms with Crippen molar-refractivity contribution in [3.05, 3.63) is 24.0 Å². The highest BCUT2D eigenvalue weighted by Crippen LogP contribution is 2.19. The summed E-state index contributed by atoms with van der Waals surface area (Å²) in [6.45, 7) is 2.64. The molecule has 0 atom stereocenters. The molecule has 0 saturated carbocycles. The maximum atomic E-state index is 12.4. The third-order valence-electron chi connectivity index (χ3n) is 2.32. The van der Waals surface area contributed by atoms with Gasteiger partial charge in [-0.1, -0.05) is 0 Å². The highest BCUT2D eigenvalue weighted by molar-refractivity contribution is 5.37. The Bertz CT molecular complexity index is 363. The lowest BCUT2D eigenvalue weighted by molar-refractivity contribution is -0.151. The van der Waals surface area contributed by atoms with E-state index in [4.69, 9.17) is 5.73 Å². The second-order valence-corrected chi connectivity index (χ2v) is 4.19. The van der Waals surface area contributed by atoms with Crippen LogP contribution in [0.25, 0.3) is 0 Å². The van der Waals surface area contributed by atoms with Gasteiger partial charge in [0.1, 0.15) is 0 Å². The fourth-order valence-corrected chi connectivity index (χ4v) is 1.44. The fourth-order valence-electron chi connectivity index (χ4n) is 1.44. The quantitative estimate of drug-likeness (QED) is 0.888. The molecule has 0 spiro atoms. The molecule has 2 N–H and O–H groups in total. The number of rotatable bonds is 4. The number of nitrogens with two attached hydrogens (primary N) is 1. The molecule has 0 fully saturated rings. The molecule has 1 aromatic heterocycles. The first-order chi connectivity index (χ1) is 7.78. The maximum absolute atomic E-state index is 12.4. The molecule has 0 aliphatic rings. The number of halogens is 3. The van der Waals surface area contributed by atoms with Gasteiger partial charge in [0.15, 0.2) is 0 Å². The van der Waals surface area contributed by atoms with Crippen LogP contribution in [0.3, 0.4) is 0 Å². The minimum absolute atomic E-state index is 0.141. The lowest BCUT2D eigenvalue weighted by Crippen LogP contribution is -2.38. The first kappa shape index (κ1) is 13.8. The van der Waals surface area contributed by atoms with Crippen molar-refractivity contribution >= 4 is 5.69 Å². The molecule has 0 saturated heterocycles. The zero-order valence-corrected chi connectivity index (χ0v) is 9.83. The number of nitrogen functional groups attached to an aromatic ring is 1. The lowest BCUT2D eigenvalue weighted by atomic mass is 10.2. The standard InChI is InChI=1S/C11H16F3N3/c1-8(2)17(7-11(12,13)14)6-10-5-9(15)3-4-16-10/h3-5,8H,6-7H2,1-2H3,(H2,15,16). The van der Waals surface area contributed by atoms with Crippen molar-refractivity contribution in [2.75, 3.05) is 12.3 Å². The summed E-state index contributed by atoms with van der Waals surface area (Å²) in [6.07, 6.45) is -2.71. The molecule has 1 heterocycles. The van der Waals surface area contributed by atoms with Crippen molar-refractivity contribution in [1.29, 1.82) is 0 Å². The van der Waals surface area contributed by atoms with E-state index in [1.54, 1.807) is 26.0 Å². The topological polar surface area (TPSA) is 42.1 Å². The molecule has 1 rings (SSSR count). The molecule has 3 nitrogen and oxygen atoms in total. The van der Waals surface area contributed by atoms with Crippen molar-refractivity contribution in [3.8, 4) is 0 Å². The van der Waals surface area contributed by atoms with E-state index in [1.807, 2.05) is 0 Å². The first-order valence-corrected chi connectivity index (χ1v) is 5.29. The van der Waals surface area contributed by atoms with Crippen LogP contribution in [-0.2, 0) is 6.54 Å². The van der Waals surface area contributed by atoms with E-state index < -0.39 is 12.7 Å². The highest BCUT2D eigenvalue weighted by atomic mass is 19.4. The van der Waals surface area contributed by atoms with Crippen LogP contribution in [0, 0.1) is 0 Å². The third-order valence-corrected chi connectivity index (χ3v) is 2.32. The van der Waals surface area contributed by atoms with Crippen LogP contribution < -0.4 is 5.73 Å². The number of pyridine rings is 1. The Hall–Kier alpha value is -1.30. The maximum Gasteiger partial charge on any atom is 0.401 e. The Labute approximate surface area is 98.4 Å². The van der Waals surface area contributed by atoms with E-state index in [9.17, 15) is 13.2 Å². The molecular weight excluding hydrogens is 231 g/mol. The average molecular weight is 247 g/mol. The molecular formula is C11H16F3N3. The fraction of sp³-hybridized carbons (Fsp3) is 0.545. The summed E-state index contributed by atoms with van der Waals surface area (Å²) in [5.41, 5.74) is 6.61. The number of hydrogen-bond acceptors (Lipinski definition) is 3. The molecule has 0 radical (unpaired) electrons. The van der Waals surface area contributed by atoms with Gasteiger partial charge in [0.25, 0.3) is 0 Å². The van der Waals surface area contributed by atoms with Gasteiger partial charge in [0, 0.05) is 24.5 Å². The van der Waals surface area contributed by atoms with Crippen LogP contribution in [0.5, 0.6) is 0 Å². The van der Waals surface area contributed by atoms with E-state index >= 15 is 0 Å². The van der Waals surface area contributed by atoms with Crippen LogP contribution >= 0.6 is 0 Å². The Kier molecular flexibility index (Phi) is 4.34. The van der Waals surface area contributed by atoms with Gasteiger partial charge in [-0.25, -0.2) is 0 Å². The van der Waals surface area contributed by atoms with E-state index in [2.05, 4.69) is 4.98 Å². The van der Waals surface area contributed by atoms with Gasteiger partial charge in [0.05, 0.1) is 12.2 Å². The molecule has 0 aliphatic carbocycles. The molecule has 0 aliphatic heterocycles. The molecule has 17 heavy (non-hydrogen) atoms. The highest BCUT2D eigenvalue weighted by Gasteiger charge is 2.31. The van der Waals surface area contributed by atoms with Gasteiger partial charge in [-0.2, -0.15) is 13.2 Å². The van der Waals surface area contributed by atoms with Crippen molar-refractivity contribution in [3.63, 3.8) is 0 Å². The number of hydrogen-bond donors (Lipinski definition) is 1. The molecule has 6 heteroatoms. The smallest absolute Gasteiger partial charge is 0.399 e. The van der Waals surface area contributed by atoms with Crippen molar-refractivity contribution in [2.24, 2.45) is 0 Å². The van der Waals surface area contributed by atoms with Gasteiger partial charge < -0.3 is 5.73 Å². The van der Waals surface area contributed by atoms with Crippen molar-refractivity contribution in [2.45, 2.75) is 32.6 Å². The number of aromatic nitrogens is 1. The van der Waals surface area contributed by atoms with E-state index in [0.29, 0.717) is 11.4 Å². The normalized spacial score (nSPS) is 12.4. The van der Waals surface area contributed by atoms with Gasteiger partial charge in [-0.05, 0) is 26.0 Å². The van der Waals surface area contributed by atoms with Crippen LogP contribution in [0.1, 0.15) is 19.5 Å². The molecule has 0 unspecified atom stereocenters. The Morgan fingerprint density at radius 1 is 1.41 bits per heavy atom. The summed E-state index contributed by atoms with van der Waals surface area (Å²) in [5, 5.41) is 0. The zero-order chi connectivity index (χ0) is 13.1. The van der Waals surface area contributed by atoms with Crippen LogP contribution in [-0.4, -0.2) is 28.6 Å². The van der Waals surface area contributed by atoms with E-state index in [0.717, 1.165) is 0 Å². The average Bonchev–Trinajstić information content (AvgIpc) is 2.14. The SMILES string of the molecule is CC(C)N(Cc1cc(N)ccn1)CC(F)(F)F. The number of nitrogens with zero attached hydrogens (tertiary/aromatic N) is 2. The first-order valence-electron chi connectivity index (χ1n) is 5.29. The molecule has 0 bridgehead atoms. The molecule has 0 amide bonds. The summed E-state index contributed by atoms with van der Waals surface area (Å²) in [4.78, 5) is 5.31. The van der Waals surface area contributed by atoms with Gasteiger partial charge >= 0.3 is 6.18 Å². The summed E-state index contributed by atoms with van der Waals surface area (Å²) in [7, 11) is 0. The van der Waals surface area contributed by atoms with Crippen LogP contribution in [0.15, 0.2) is 18.3 Å². The summed E-state index contributed by atoms with van der Waals surface area (Å²) in [5.74, 6) is 0. The monoisotopic (exact) mass is 247 g/mol. The van der Waals surface area contributed by atoms with Gasteiger partial charge in [-0.3, -0.25) is 9.88 Å². The van der Waals surface area contributed by atoms with Crippen molar-refractivity contribution < 1.29 is 13.2 Å². The van der Waals surface area contributed by atoms with Gasteiger partial charge in [-0.15, -0.1) is 0 Å². The largest absolute Gasteiger partial charge is 0.401 e. The van der Waals surface area contributed by atoms with Crippen molar-refractivity contribution in [1.82, 2.24) is 9.88 Å². The Morgan fingerprint density at radius 2 is 2.06 bits per heavy atom. The Balaban J connectivity index is 2.74. The van der Waals surface area contributed by atoms with Gasteiger partial charge in [0.2, 0.25) is 0 Å². The molecule has 96 valence electrons.